The first-order chi connectivity index (χ1) is 7.16. The van der Waals surface area contributed by atoms with Gasteiger partial charge >= 0.3 is 0 Å². The SMILES string of the molecule is CNC(C(=O)N1CCCCCC1)C(C)C. The Morgan fingerprint density at radius 1 is 1.13 bits per heavy atom. The monoisotopic (exact) mass is 212 g/mol. The van der Waals surface area contributed by atoms with Gasteiger partial charge in [0.05, 0.1) is 6.04 Å². The molecular formula is C12H24N2O. The van der Waals surface area contributed by atoms with E-state index in [-0.39, 0.29) is 11.9 Å². The van der Waals surface area contributed by atoms with E-state index >= 15 is 0 Å². The molecule has 3 heteroatoms. The predicted molar refractivity (Wildman–Crippen MR) is 62.7 cm³/mol. The fourth-order valence-corrected chi connectivity index (χ4v) is 2.23. The minimum Gasteiger partial charge on any atom is -0.341 e. The molecule has 0 saturated carbocycles. The van der Waals surface area contributed by atoms with Crippen molar-refractivity contribution in [2.45, 2.75) is 45.6 Å². The summed E-state index contributed by atoms with van der Waals surface area (Å²) in [6.45, 7) is 6.08. The van der Waals surface area contributed by atoms with Gasteiger partial charge in [-0.2, -0.15) is 0 Å². The largest absolute Gasteiger partial charge is 0.341 e. The van der Waals surface area contributed by atoms with Gasteiger partial charge in [0.25, 0.3) is 0 Å². The number of likely N-dealkylation sites (tertiary alicyclic amines) is 1. The van der Waals surface area contributed by atoms with Crippen molar-refractivity contribution < 1.29 is 4.79 Å². The number of rotatable bonds is 3. The summed E-state index contributed by atoms with van der Waals surface area (Å²) in [7, 11) is 1.88. The molecule has 0 aromatic carbocycles. The zero-order chi connectivity index (χ0) is 11.3. The first kappa shape index (κ1) is 12.5. The van der Waals surface area contributed by atoms with E-state index in [9.17, 15) is 4.79 Å². The van der Waals surface area contributed by atoms with Crippen LogP contribution in [0, 0.1) is 5.92 Å². The zero-order valence-electron chi connectivity index (χ0n) is 10.3. The Balaban J connectivity index is 2.55. The van der Waals surface area contributed by atoms with Gasteiger partial charge in [0, 0.05) is 13.1 Å². The van der Waals surface area contributed by atoms with Crippen LogP contribution in [-0.4, -0.2) is 37.0 Å². The molecule has 1 heterocycles. The van der Waals surface area contributed by atoms with Crippen LogP contribution in [-0.2, 0) is 4.79 Å². The van der Waals surface area contributed by atoms with Crippen LogP contribution in [0.1, 0.15) is 39.5 Å². The van der Waals surface area contributed by atoms with Crippen LogP contribution in [0.25, 0.3) is 0 Å². The minimum atomic E-state index is -0.0110. The summed E-state index contributed by atoms with van der Waals surface area (Å²) in [5.41, 5.74) is 0. The molecule has 15 heavy (non-hydrogen) atoms. The molecule has 1 aliphatic rings. The van der Waals surface area contributed by atoms with Crippen LogP contribution in [0.15, 0.2) is 0 Å². The van der Waals surface area contributed by atoms with Crippen LogP contribution in [0.3, 0.4) is 0 Å². The smallest absolute Gasteiger partial charge is 0.239 e. The van der Waals surface area contributed by atoms with Crippen molar-refractivity contribution in [3.8, 4) is 0 Å². The summed E-state index contributed by atoms with van der Waals surface area (Å²) in [5, 5.41) is 3.13. The maximum absolute atomic E-state index is 12.2. The number of amides is 1. The Hall–Kier alpha value is -0.570. The minimum absolute atomic E-state index is 0.0110. The Kier molecular flexibility index (Phi) is 5.09. The van der Waals surface area contributed by atoms with Gasteiger partial charge in [-0.3, -0.25) is 4.79 Å². The third-order valence-corrected chi connectivity index (χ3v) is 3.16. The van der Waals surface area contributed by atoms with Crippen LogP contribution in [0.4, 0.5) is 0 Å². The highest BCUT2D eigenvalue weighted by Gasteiger charge is 2.25. The molecule has 0 radical (unpaired) electrons. The molecule has 1 atom stereocenters. The third kappa shape index (κ3) is 3.49. The molecule has 0 bridgehead atoms. The average Bonchev–Trinajstić information content (AvgIpc) is 2.45. The summed E-state index contributed by atoms with van der Waals surface area (Å²) < 4.78 is 0. The summed E-state index contributed by atoms with van der Waals surface area (Å²) >= 11 is 0. The topological polar surface area (TPSA) is 32.3 Å². The Morgan fingerprint density at radius 2 is 1.67 bits per heavy atom. The molecule has 0 aromatic heterocycles. The van der Waals surface area contributed by atoms with E-state index in [0.29, 0.717) is 5.92 Å². The second-order valence-corrected chi connectivity index (χ2v) is 4.75. The van der Waals surface area contributed by atoms with Gasteiger partial charge in [0.2, 0.25) is 5.91 Å². The highest BCUT2D eigenvalue weighted by atomic mass is 16.2. The van der Waals surface area contributed by atoms with E-state index in [1.807, 2.05) is 11.9 Å². The number of nitrogens with zero attached hydrogens (tertiary/aromatic N) is 1. The van der Waals surface area contributed by atoms with Gasteiger partial charge in [0.1, 0.15) is 0 Å². The van der Waals surface area contributed by atoms with Crippen LogP contribution >= 0.6 is 0 Å². The van der Waals surface area contributed by atoms with E-state index in [0.717, 1.165) is 13.1 Å². The Morgan fingerprint density at radius 3 is 2.07 bits per heavy atom. The van der Waals surface area contributed by atoms with Crippen molar-refractivity contribution in [3.63, 3.8) is 0 Å². The molecule has 1 amide bonds. The first-order valence-electron chi connectivity index (χ1n) is 6.13. The van der Waals surface area contributed by atoms with Crippen LogP contribution < -0.4 is 5.32 Å². The Labute approximate surface area is 93.2 Å². The average molecular weight is 212 g/mol. The summed E-state index contributed by atoms with van der Waals surface area (Å²) in [6.07, 6.45) is 4.88. The molecule has 1 saturated heterocycles. The van der Waals surface area contributed by atoms with Gasteiger partial charge in [-0.25, -0.2) is 0 Å². The molecule has 3 nitrogen and oxygen atoms in total. The lowest BCUT2D eigenvalue weighted by Crippen LogP contribution is -2.48. The van der Waals surface area contributed by atoms with E-state index < -0.39 is 0 Å². The number of carbonyl (C=O) groups excluding carboxylic acids is 1. The van der Waals surface area contributed by atoms with E-state index in [1.54, 1.807) is 0 Å². The van der Waals surface area contributed by atoms with Gasteiger partial charge in [-0.1, -0.05) is 26.7 Å². The van der Waals surface area contributed by atoms with Crippen molar-refractivity contribution in [2.24, 2.45) is 5.92 Å². The fourth-order valence-electron chi connectivity index (χ4n) is 2.23. The van der Waals surface area contributed by atoms with E-state index in [4.69, 9.17) is 0 Å². The number of nitrogens with one attached hydrogen (secondary N) is 1. The van der Waals surface area contributed by atoms with Crippen molar-refractivity contribution in [1.82, 2.24) is 10.2 Å². The molecular weight excluding hydrogens is 188 g/mol. The molecule has 88 valence electrons. The maximum atomic E-state index is 12.2. The van der Waals surface area contributed by atoms with Gasteiger partial charge in [-0.15, -0.1) is 0 Å². The number of likely N-dealkylation sites (N-methyl/N-ethyl adjacent to an activating group) is 1. The zero-order valence-corrected chi connectivity index (χ0v) is 10.3. The molecule has 0 spiro atoms. The highest BCUT2D eigenvalue weighted by Crippen LogP contribution is 2.13. The lowest BCUT2D eigenvalue weighted by atomic mass is 10.0. The molecule has 1 rings (SSSR count). The van der Waals surface area contributed by atoms with E-state index in [2.05, 4.69) is 19.2 Å². The Bertz CT molecular complexity index is 196. The molecule has 1 N–H and O–H groups in total. The lowest BCUT2D eigenvalue weighted by Gasteiger charge is -2.27. The molecule has 0 aromatic rings. The third-order valence-electron chi connectivity index (χ3n) is 3.16. The van der Waals surface area contributed by atoms with Crippen LogP contribution in [0.2, 0.25) is 0 Å². The molecule has 0 aliphatic carbocycles. The van der Waals surface area contributed by atoms with Crippen molar-refractivity contribution in [3.05, 3.63) is 0 Å². The van der Waals surface area contributed by atoms with Crippen molar-refractivity contribution in [1.29, 1.82) is 0 Å². The number of hydrogen-bond donors (Lipinski definition) is 1. The highest BCUT2D eigenvalue weighted by molar-refractivity contribution is 5.82. The molecule has 1 aliphatic heterocycles. The quantitative estimate of drug-likeness (QED) is 0.771. The second-order valence-electron chi connectivity index (χ2n) is 4.75. The van der Waals surface area contributed by atoms with E-state index in [1.165, 1.54) is 25.7 Å². The molecule has 1 unspecified atom stereocenters. The van der Waals surface area contributed by atoms with Crippen molar-refractivity contribution >= 4 is 5.91 Å². The van der Waals surface area contributed by atoms with Crippen LogP contribution in [0.5, 0.6) is 0 Å². The number of hydrogen-bond acceptors (Lipinski definition) is 2. The number of carbonyl (C=O) groups is 1. The summed E-state index contributed by atoms with van der Waals surface area (Å²) in [4.78, 5) is 14.2. The van der Waals surface area contributed by atoms with Gasteiger partial charge in [-0.05, 0) is 25.8 Å². The van der Waals surface area contributed by atoms with Gasteiger partial charge in [0.15, 0.2) is 0 Å². The summed E-state index contributed by atoms with van der Waals surface area (Å²) in [5.74, 6) is 0.653. The molecule has 1 fully saturated rings. The fraction of sp³-hybridized carbons (Fsp3) is 0.917. The maximum Gasteiger partial charge on any atom is 0.239 e. The standard InChI is InChI=1S/C12H24N2O/c1-10(2)11(13-3)12(15)14-8-6-4-5-7-9-14/h10-11,13H,4-9H2,1-3H3. The van der Waals surface area contributed by atoms with Crippen molar-refractivity contribution in [2.75, 3.05) is 20.1 Å². The predicted octanol–water partition coefficient (Wildman–Crippen LogP) is 1.63. The normalized spacial score (nSPS) is 20.1. The van der Waals surface area contributed by atoms with Gasteiger partial charge < -0.3 is 10.2 Å². The lowest BCUT2D eigenvalue weighted by molar-refractivity contribution is -0.134. The first-order valence-corrected chi connectivity index (χ1v) is 6.13. The summed E-state index contributed by atoms with van der Waals surface area (Å²) in [6, 6.07) is -0.0110. The second kappa shape index (κ2) is 6.11.